The molecule has 0 aliphatic heterocycles. The first-order chi connectivity index (χ1) is 7.70. The minimum atomic E-state index is 0.663. The Morgan fingerprint density at radius 1 is 0.938 bits per heavy atom. The van der Waals surface area contributed by atoms with E-state index in [9.17, 15) is 0 Å². The lowest BCUT2D eigenvalue weighted by molar-refractivity contribution is 0.447. The van der Waals surface area contributed by atoms with Gasteiger partial charge in [0, 0.05) is 17.8 Å². The minimum Gasteiger partial charge on any atom is -0.311 e. The number of rotatable bonds is 11. The molecule has 2 heteroatoms. The number of hydrogen-bond acceptors (Lipinski definition) is 2. The maximum Gasteiger partial charge on any atom is 0.0132 e. The molecule has 1 N–H and O–H groups in total. The summed E-state index contributed by atoms with van der Waals surface area (Å²) >= 11 is 2.03. The highest BCUT2D eigenvalue weighted by Crippen LogP contribution is 2.08. The zero-order chi connectivity index (χ0) is 12.2. The van der Waals surface area contributed by atoms with E-state index in [2.05, 4.69) is 33.0 Å². The van der Waals surface area contributed by atoms with Crippen LogP contribution in [-0.4, -0.2) is 23.6 Å². The van der Waals surface area contributed by atoms with Gasteiger partial charge in [0.25, 0.3) is 0 Å². The van der Waals surface area contributed by atoms with Crippen LogP contribution in [0.4, 0.5) is 0 Å². The van der Waals surface area contributed by atoms with E-state index in [-0.39, 0.29) is 0 Å². The monoisotopic (exact) mass is 245 g/mol. The summed E-state index contributed by atoms with van der Waals surface area (Å²) < 4.78 is 0. The van der Waals surface area contributed by atoms with Crippen LogP contribution in [0.3, 0.4) is 0 Å². The minimum absolute atomic E-state index is 0.663. The van der Waals surface area contributed by atoms with Crippen molar-refractivity contribution in [3.8, 4) is 0 Å². The number of hydrogen-bond donors (Lipinski definition) is 1. The van der Waals surface area contributed by atoms with E-state index in [1.807, 2.05) is 11.8 Å². The third-order valence-electron chi connectivity index (χ3n) is 2.88. The smallest absolute Gasteiger partial charge is 0.0132 e. The first-order valence-electron chi connectivity index (χ1n) is 7.04. The van der Waals surface area contributed by atoms with Gasteiger partial charge in [-0.05, 0) is 26.0 Å². The molecular weight excluding hydrogens is 214 g/mol. The molecule has 16 heavy (non-hydrogen) atoms. The molecule has 0 aromatic carbocycles. The first kappa shape index (κ1) is 16.3. The van der Waals surface area contributed by atoms with Gasteiger partial charge in [0.2, 0.25) is 0 Å². The van der Waals surface area contributed by atoms with E-state index in [4.69, 9.17) is 0 Å². The van der Waals surface area contributed by atoms with Crippen molar-refractivity contribution in [2.24, 2.45) is 0 Å². The van der Waals surface area contributed by atoms with Crippen molar-refractivity contribution in [1.82, 2.24) is 5.32 Å². The van der Waals surface area contributed by atoms with E-state index in [1.165, 1.54) is 50.0 Å². The van der Waals surface area contributed by atoms with Gasteiger partial charge in [-0.3, -0.25) is 0 Å². The second kappa shape index (κ2) is 11.8. The highest BCUT2D eigenvalue weighted by molar-refractivity contribution is 7.99. The lowest BCUT2D eigenvalue weighted by Gasteiger charge is -2.19. The fraction of sp³-hybridized carbons (Fsp3) is 1.00. The lowest BCUT2D eigenvalue weighted by Crippen LogP contribution is -2.36. The summed E-state index contributed by atoms with van der Waals surface area (Å²) in [6.45, 7) is 9.13. The molecule has 2 unspecified atom stereocenters. The number of thioether (sulfide) groups is 1. The van der Waals surface area contributed by atoms with Gasteiger partial charge in [-0.2, -0.15) is 11.8 Å². The Hall–Kier alpha value is 0.310. The molecule has 0 aliphatic rings. The molecular formula is C14H31NS. The van der Waals surface area contributed by atoms with E-state index in [0.717, 1.165) is 0 Å². The Labute approximate surface area is 107 Å². The van der Waals surface area contributed by atoms with Crippen LogP contribution in [0.25, 0.3) is 0 Å². The normalized spacial score (nSPS) is 15.0. The van der Waals surface area contributed by atoms with Crippen molar-refractivity contribution in [2.45, 2.75) is 78.3 Å². The van der Waals surface area contributed by atoms with Gasteiger partial charge in [-0.15, -0.1) is 0 Å². The van der Waals surface area contributed by atoms with Crippen LogP contribution in [-0.2, 0) is 0 Å². The molecule has 0 fully saturated rings. The van der Waals surface area contributed by atoms with Gasteiger partial charge in [0.05, 0.1) is 0 Å². The number of nitrogens with one attached hydrogen (secondary N) is 1. The van der Waals surface area contributed by atoms with Crippen LogP contribution < -0.4 is 5.32 Å². The summed E-state index contributed by atoms with van der Waals surface area (Å²) in [6.07, 6.45) is 8.32. The third-order valence-corrected chi connectivity index (χ3v) is 4.03. The molecule has 0 heterocycles. The highest BCUT2D eigenvalue weighted by Gasteiger charge is 2.06. The summed E-state index contributed by atoms with van der Waals surface area (Å²) in [5.41, 5.74) is 0. The molecule has 0 aromatic rings. The number of unbranched alkanes of at least 4 members (excludes halogenated alkanes) is 4. The second-order valence-corrected chi connectivity index (χ2v) is 6.15. The van der Waals surface area contributed by atoms with E-state index in [0.29, 0.717) is 12.1 Å². The summed E-state index contributed by atoms with van der Waals surface area (Å²) in [5.74, 6) is 2.48. The molecule has 0 saturated carbocycles. The third kappa shape index (κ3) is 10.8. The van der Waals surface area contributed by atoms with Crippen molar-refractivity contribution in [3.05, 3.63) is 0 Å². The van der Waals surface area contributed by atoms with Gasteiger partial charge in [-0.1, -0.05) is 46.0 Å². The van der Waals surface area contributed by atoms with Crippen molar-refractivity contribution >= 4 is 11.8 Å². The average Bonchev–Trinajstić information content (AvgIpc) is 2.26. The molecule has 0 aliphatic carbocycles. The molecule has 0 bridgehead atoms. The van der Waals surface area contributed by atoms with Crippen LogP contribution in [0.15, 0.2) is 0 Å². The van der Waals surface area contributed by atoms with Crippen LogP contribution >= 0.6 is 11.8 Å². The van der Waals surface area contributed by atoms with Gasteiger partial charge in [0.1, 0.15) is 0 Å². The molecule has 0 saturated heterocycles. The summed E-state index contributed by atoms with van der Waals surface area (Å²) in [6, 6.07) is 1.35. The molecule has 0 spiro atoms. The van der Waals surface area contributed by atoms with Crippen molar-refractivity contribution in [3.63, 3.8) is 0 Å². The Kier molecular flexibility index (Phi) is 12.0. The fourth-order valence-corrected chi connectivity index (χ4v) is 2.65. The molecule has 0 amide bonds. The van der Waals surface area contributed by atoms with Crippen LogP contribution in [0.2, 0.25) is 0 Å². The van der Waals surface area contributed by atoms with E-state index < -0.39 is 0 Å². The maximum atomic E-state index is 3.68. The highest BCUT2D eigenvalue weighted by atomic mass is 32.2. The summed E-state index contributed by atoms with van der Waals surface area (Å²) in [7, 11) is 0. The van der Waals surface area contributed by atoms with Gasteiger partial charge < -0.3 is 5.32 Å². The molecule has 1 nitrogen and oxygen atoms in total. The fourth-order valence-electron chi connectivity index (χ4n) is 1.97. The zero-order valence-electron chi connectivity index (χ0n) is 11.7. The van der Waals surface area contributed by atoms with Crippen molar-refractivity contribution in [1.29, 1.82) is 0 Å². The van der Waals surface area contributed by atoms with Gasteiger partial charge in [0.15, 0.2) is 0 Å². The Bertz CT molecular complexity index is 139. The Balaban J connectivity index is 3.32. The standard InChI is InChI=1S/C14H31NS/c1-5-7-8-9-10-11-13(3)15-14(4)12-16-6-2/h13-15H,5-12H2,1-4H3. The average molecular weight is 245 g/mol. The Morgan fingerprint density at radius 2 is 1.62 bits per heavy atom. The van der Waals surface area contributed by atoms with Crippen molar-refractivity contribution in [2.75, 3.05) is 11.5 Å². The van der Waals surface area contributed by atoms with E-state index >= 15 is 0 Å². The SMILES string of the molecule is CCCCCCCC(C)NC(C)CSCC. The largest absolute Gasteiger partial charge is 0.311 e. The quantitative estimate of drug-likeness (QED) is 0.539. The van der Waals surface area contributed by atoms with E-state index in [1.54, 1.807) is 0 Å². The predicted octanol–water partition coefficient (Wildman–Crippen LogP) is 4.47. The zero-order valence-corrected chi connectivity index (χ0v) is 12.5. The van der Waals surface area contributed by atoms with Crippen LogP contribution in [0, 0.1) is 0 Å². The topological polar surface area (TPSA) is 12.0 Å². The van der Waals surface area contributed by atoms with Gasteiger partial charge >= 0.3 is 0 Å². The van der Waals surface area contributed by atoms with Crippen LogP contribution in [0.1, 0.15) is 66.2 Å². The van der Waals surface area contributed by atoms with Crippen LogP contribution in [0.5, 0.6) is 0 Å². The molecule has 0 rings (SSSR count). The maximum absolute atomic E-state index is 3.68. The Morgan fingerprint density at radius 3 is 2.25 bits per heavy atom. The molecule has 2 atom stereocenters. The summed E-state index contributed by atoms with van der Waals surface area (Å²) in [5, 5.41) is 3.68. The second-order valence-electron chi connectivity index (χ2n) is 4.83. The van der Waals surface area contributed by atoms with Gasteiger partial charge in [-0.25, -0.2) is 0 Å². The molecule has 98 valence electrons. The summed E-state index contributed by atoms with van der Waals surface area (Å²) in [4.78, 5) is 0. The van der Waals surface area contributed by atoms with Crippen molar-refractivity contribution < 1.29 is 0 Å². The molecule has 0 radical (unpaired) electrons. The lowest BCUT2D eigenvalue weighted by atomic mass is 10.1. The predicted molar refractivity (Wildman–Crippen MR) is 78.4 cm³/mol. The molecule has 0 aromatic heterocycles. The first-order valence-corrected chi connectivity index (χ1v) is 8.19.